The van der Waals surface area contributed by atoms with E-state index in [0.29, 0.717) is 6.54 Å². The van der Waals surface area contributed by atoms with Crippen molar-refractivity contribution in [2.45, 2.75) is 26.3 Å². The van der Waals surface area contributed by atoms with Crippen molar-refractivity contribution >= 4 is 21.8 Å². The molecule has 1 atom stereocenters. The fourth-order valence-electron chi connectivity index (χ4n) is 1.59. The first kappa shape index (κ1) is 14.2. The summed E-state index contributed by atoms with van der Waals surface area (Å²) < 4.78 is 1.07. The number of rotatable bonds is 6. The SMILES string of the molecule is CCNCC(=O)NC(C)Cc1ccc(Br)cc1. The summed E-state index contributed by atoms with van der Waals surface area (Å²) in [6.45, 7) is 5.21. The van der Waals surface area contributed by atoms with Crippen molar-refractivity contribution in [1.82, 2.24) is 10.6 Å². The average Bonchev–Trinajstić information content (AvgIpc) is 2.29. The van der Waals surface area contributed by atoms with Gasteiger partial charge in [0.25, 0.3) is 0 Å². The molecule has 3 nitrogen and oxygen atoms in total. The van der Waals surface area contributed by atoms with Crippen LogP contribution in [-0.2, 0) is 11.2 Å². The molecule has 0 heterocycles. The summed E-state index contributed by atoms with van der Waals surface area (Å²) in [7, 11) is 0. The molecule has 0 aliphatic heterocycles. The number of nitrogens with one attached hydrogen (secondary N) is 2. The van der Waals surface area contributed by atoms with Gasteiger partial charge in [-0.3, -0.25) is 4.79 Å². The molecule has 0 aromatic heterocycles. The van der Waals surface area contributed by atoms with Crippen LogP contribution in [-0.4, -0.2) is 25.0 Å². The molecule has 94 valence electrons. The molecule has 0 fully saturated rings. The Labute approximate surface area is 111 Å². The third-order valence-corrected chi connectivity index (χ3v) is 2.93. The van der Waals surface area contributed by atoms with Crippen LogP contribution in [0.1, 0.15) is 19.4 Å². The van der Waals surface area contributed by atoms with E-state index in [-0.39, 0.29) is 11.9 Å². The number of hydrogen-bond donors (Lipinski definition) is 2. The molecule has 0 saturated heterocycles. The van der Waals surface area contributed by atoms with E-state index < -0.39 is 0 Å². The summed E-state index contributed by atoms with van der Waals surface area (Å²) in [4.78, 5) is 11.5. The predicted octanol–water partition coefficient (Wildman–Crippen LogP) is 2.11. The van der Waals surface area contributed by atoms with Crippen LogP contribution in [0.3, 0.4) is 0 Å². The first-order valence-electron chi connectivity index (χ1n) is 5.86. The van der Waals surface area contributed by atoms with Crippen LogP contribution in [0, 0.1) is 0 Å². The van der Waals surface area contributed by atoms with Gasteiger partial charge >= 0.3 is 0 Å². The van der Waals surface area contributed by atoms with Crippen LogP contribution in [0.4, 0.5) is 0 Å². The van der Waals surface area contributed by atoms with Crippen molar-refractivity contribution in [3.63, 3.8) is 0 Å². The normalized spacial score (nSPS) is 12.2. The molecule has 1 aromatic carbocycles. The Hall–Kier alpha value is -0.870. The topological polar surface area (TPSA) is 41.1 Å². The number of carbonyl (C=O) groups excluding carboxylic acids is 1. The molecule has 1 aromatic rings. The number of benzene rings is 1. The fraction of sp³-hybridized carbons (Fsp3) is 0.462. The summed E-state index contributed by atoms with van der Waals surface area (Å²) in [6, 6.07) is 8.32. The van der Waals surface area contributed by atoms with Crippen LogP contribution >= 0.6 is 15.9 Å². The lowest BCUT2D eigenvalue weighted by Crippen LogP contribution is -2.39. The van der Waals surface area contributed by atoms with Gasteiger partial charge in [-0.05, 0) is 37.6 Å². The number of hydrogen-bond acceptors (Lipinski definition) is 2. The predicted molar refractivity (Wildman–Crippen MR) is 74.0 cm³/mol. The Morgan fingerprint density at radius 1 is 1.35 bits per heavy atom. The van der Waals surface area contributed by atoms with Gasteiger partial charge in [0.05, 0.1) is 6.54 Å². The third kappa shape index (κ3) is 5.84. The van der Waals surface area contributed by atoms with E-state index in [0.717, 1.165) is 17.4 Å². The molecule has 2 N–H and O–H groups in total. The average molecular weight is 299 g/mol. The summed E-state index contributed by atoms with van der Waals surface area (Å²) >= 11 is 3.40. The molecule has 1 amide bonds. The van der Waals surface area contributed by atoms with Gasteiger partial charge in [-0.1, -0.05) is 35.0 Å². The minimum absolute atomic E-state index is 0.0523. The highest BCUT2D eigenvalue weighted by Crippen LogP contribution is 2.11. The Morgan fingerprint density at radius 3 is 2.59 bits per heavy atom. The third-order valence-electron chi connectivity index (χ3n) is 2.40. The van der Waals surface area contributed by atoms with Gasteiger partial charge in [0.1, 0.15) is 0 Å². The molecule has 4 heteroatoms. The summed E-state index contributed by atoms with van der Waals surface area (Å²) in [5.74, 6) is 0.0523. The first-order valence-corrected chi connectivity index (χ1v) is 6.65. The van der Waals surface area contributed by atoms with Crippen molar-refractivity contribution in [3.05, 3.63) is 34.3 Å². The van der Waals surface area contributed by atoms with Gasteiger partial charge in [0.15, 0.2) is 0 Å². The Morgan fingerprint density at radius 2 is 2.00 bits per heavy atom. The van der Waals surface area contributed by atoms with Gasteiger partial charge in [-0.2, -0.15) is 0 Å². The maximum atomic E-state index is 11.5. The van der Waals surface area contributed by atoms with E-state index >= 15 is 0 Å². The molecule has 17 heavy (non-hydrogen) atoms. The first-order chi connectivity index (χ1) is 8.11. The Balaban J connectivity index is 2.36. The van der Waals surface area contributed by atoms with Crippen LogP contribution in [0.15, 0.2) is 28.7 Å². The van der Waals surface area contributed by atoms with Crippen LogP contribution in [0.25, 0.3) is 0 Å². The number of likely N-dealkylation sites (N-methyl/N-ethyl adjacent to an activating group) is 1. The zero-order valence-corrected chi connectivity index (χ0v) is 11.9. The molecular formula is C13H19BrN2O. The van der Waals surface area contributed by atoms with Crippen molar-refractivity contribution in [1.29, 1.82) is 0 Å². The highest BCUT2D eigenvalue weighted by atomic mass is 79.9. The smallest absolute Gasteiger partial charge is 0.234 e. The van der Waals surface area contributed by atoms with E-state index in [1.54, 1.807) is 0 Å². The molecule has 1 rings (SSSR count). The van der Waals surface area contributed by atoms with Crippen molar-refractivity contribution in [2.24, 2.45) is 0 Å². The zero-order valence-electron chi connectivity index (χ0n) is 10.3. The second-order valence-corrected chi connectivity index (χ2v) is 5.00. The van der Waals surface area contributed by atoms with E-state index in [4.69, 9.17) is 0 Å². The minimum Gasteiger partial charge on any atom is -0.352 e. The minimum atomic E-state index is 0.0523. The van der Waals surface area contributed by atoms with Gasteiger partial charge in [0, 0.05) is 10.5 Å². The van der Waals surface area contributed by atoms with Gasteiger partial charge in [0.2, 0.25) is 5.91 Å². The molecule has 0 radical (unpaired) electrons. The van der Waals surface area contributed by atoms with Gasteiger partial charge in [-0.15, -0.1) is 0 Å². The summed E-state index contributed by atoms with van der Waals surface area (Å²) in [5.41, 5.74) is 1.23. The quantitative estimate of drug-likeness (QED) is 0.844. The fourth-order valence-corrected chi connectivity index (χ4v) is 1.85. The summed E-state index contributed by atoms with van der Waals surface area (Å²) in [5, 5.41) is 5.97. The zero-order chi connectivity index (χ0) is 12.7. The molecule has 0 aliphatic carbocycles. The molecule has 0 spiro atoms. The maximum Gasteiger partial charge on any atom is 0.234 e. The number of halogens is 1. The maximum absolute atomic E-state index is 11.5. The molecule has 0 aliphatic rings. The monoisotopic (exact) mass is 298 g/mol. The number of carbonyl (C=O) groups is 1. The number of amides is 1. The van der Waals surface area contributed by atoms with Crippen molar-refractivity contribution < 1.29 is 4.79 Å². The van der Waals surface area contributed by atoms with Crippen molar-refractivity contribution in [2.75, 3.05) is 13.1 Å². The van der Waals surface area contributed by atoms with E-state index in [1.807, 2.05) is 26.0 Å². The van der Waals surface area contributed by atoms with Gasteiger partial charge < -0.3 is 10.6 Å². The van der Waals surface area contributed by atoms with Gasteiger partial charge in [-0.25, -0.2) is 0 Å². The van der Waals surface area contributed by atoms with Crippen LogP contribution < -0.4 is 10.6 Å². The molecule has 0 saturated carbocycles. The molecule has 0 bridgehead atoms. The second-order valence-electron chi connectivity index (χ2n) is 4.08. The van der Waals surface area contributed by atoms with E-state index in [1.165, 1.54) is 5.56 Å². The van der Waals surface area contributed by atoms with E-state index in [2.05, 4.69) is 38.7 Å². The lowest BCUT2D eigenvalue weighted by atomic mass is 10.1. The Kier molecular flexibility index (Phi) is 6.22. The second kappa shape index (κ2) is 7.45. The standard InChI is InChI=1S/C13H19BrN2O/c1-3-15-9-13(17)16-10(2)8-11-4-6-12(14)7-5-11/h4-7,10,15H,3,8-9H2,1-2H3,(H,16,17). The Bertz CT molecular complexity index is 351. The van der Waals surface area contributed by atoms with Crippen LogP contribution in [0.2, 0.25) is 0 Å². The molecule has 1 unspecified atom stereocenters. The highest BCUT2D eigenvalue weighted by molar-refractivity contribution is 9.10. The summed E-state index contributed by atoms with van der Waals surface area (Å²) in [6.07, 6.45) is 0.852. The van der Waals surface area contributed by atoms with Crippen LogP contribution in [0.5, 0.6) is 0 Å². The highest BCUT2D eigenvalue weighted by Gasteiger charge is 2.07. The lowest BCUT2D eigenvalue weighted by molar-refractivity contribution is -0.120. The van der Waals surface area contributed by atoms with Crippen molar-refractivity contribution in [3.8, 4) is 0 Å². The largest absolute Gasteiger partial charge is 0.352 e. The molecular weight excluding hydrogens is 280 g/mol. The lowest BCUT2D eigenvalue weighted by Gasteiger charge is -2.14. The van der Waals surface area contributed by atoms with E-state index in [9.17, 15) is 4.79 Å².